The summed E-state index contributed by atoms with van der Waals surface area (Å²) in [6.45, 7) is 0.165. The molecule has 0 bridgehead atoms. The summed E-state index contributed by atoms with van der Waals surface area (Å²) in [6, 6.07) is 11.1. The molecule has 0 atom stereocenters. The molecule has 0 spiro atoms. The molecular weight excluding hydrogens is 294 g/mol. The van der Waals surface area contributed by atoms with Crippen LogP contribution in [0.15, 0.2) is 42.5 Å². The highest BCUT2D eigenvalue weighted by atomic mass is 35.5. The van der Waals surface area contributed by atoms with Crippen LogP contribution in [-0.4, -0.2) is 10.8 Å². The highest BCUT2D eigenvalue weighted by Crippen LogP contribution is 2.27. The molecule has 0 saturated heterocycles. The van der Waals surface area contributed by atoms with Crippen molar-refractivity contribution in [1.82, 2.24) is 0 Å². The number of nitrogens with one attached hydrogen (secondary N) is 1. The van der Waals surface area contributed by atoms with Crippen LogP contribution in [-0.2, 0) is 6.54 Å². The Morgan fingerprint density at radius 2 is 2.00 bits per heavy atom. The van der Waals surface area contributed by atoms with Crippen LogP contribution in [0.4, 0.5) is 11.4 Å². The first-order chi connectivity index (χ1) is 9.99. The second-order valence-corrected chi connectivity index (χ2v) is 4.70. The number of nitro groups is 1. The zero-order chi connectivity index (χ0) is 15.4. The fourth-order valence-electron chi connectivity index (χ4n) is 1.87. The second kappa shape index (κ2) is 6.23. The summed E-state index contributed by atoms with van der Waals surface area (Å²) in [5.74, 6) is -0.539. The third kappa shape index (κ3) is 3.49. The van der Waals surface area contributed by atoms with Gasteiger partial charge in [0.15, 0.2) is 0 Å². The number of primary amides is 1. The summed E-state index contributed by atoms with van der Waals surface area (Å²) in [5, 5.41) is 14.3. The van der Waals surface area contributed by atoms with Crippen LogP contribution in [0.5, 0.6) is 0 Å². The second-order valence-electron chi connectivity index (χ2n) is 4.29. The lowest BCUT2D eigenvalue weighted by Gasteiger charge is -2.09. The summed E-state index contributed by atoms with van der Waals surface area (Å²) in [7, 11) is 0. The van der Waals surface area contributed by atoms with E-state index in [0.29, 0.717) is 21.8 Å². The number of rotatable bonds is 5. The van der Waals surface area contributed by atoms with Crippen LogP contribution in [0.25, 0.3) is 0 Å². The molecule has 7 heteroatoms. The van der Waals surface area contributed by atoms with E-state index in [1.54, 1.807) is 30.3 Å². The molecule has 0 aliphatic carbocycles. The van der Waals surface area contributed by atoms with Crippen molar-refractivity contribution in [2.45, 2.75) is 6.54 Å². The van der Waals surface area contributed by atoms with Crippen LogP contribution in [0, 0.1) is 10.1 Å². The Morgan fingerprint density at radius 3 is 2.67 bits per heavy atom. The summed E-state index contributed by atoms with van der Waals surface area (Å²) < 4.78 is 0. The smallest absolute Gasteiger partial charge is 0.275 e. The molecule has 21 heavy (non-hydrogen) atoms. The fourth-order valence-corrected chi connectivity index (χ4v) is 2.10. The molecule has 0 aliphatic heterocycles. The summed E-state index contributed by atoms with van der Waals surface area (Å²) in [4.78, 5) is 21.6. The van der Waals surface area contributed by atoms with Gasteiger partial charge in [0.2, 0.25) is 5.91 Å². The van der Waals surface area contributed by atoms with Crippen molar-refractivity contribution in [3.8, 4) is 0 Å². The predicted molar refractivity (Wildman–Crippen MR) is 80.4 cm³/mol. The van der Waals surface area contributed by atoms with Gasteiger partial charge in [-0.05, 0) is 24.3 Å². The maximum atomic E-state index is 11.1. The lowest BCUT2D eigenvalue weighted by atomic mass is 10.1. The molecule has 0 aliphatic rings. The molecule has 0 aromatic heterocycles. The van der Waals surface area contributed by atoms with Crippen molar-refractivity contribution in [3.63, 3.8) is 0 Å². The van der Waals surface area contributed by atoms with E-state index in [-0.39, 0.29) is 12.2 Å². The van der Waals surface area contributed by atoms with Crippen molar-refractivity contribution < 1.29 is 9.72 Å². The number of nitro benzene ring substituents is 1. The number of amides is 1. The number of carbonyl (C=O) groups is 1. The number of anilines is 1. The monoisotopic (exact) mass is 305 g/mol. The molecule has 2 rings (SSSR count). The van der Waals surface area contributed by atoms with Crippen LogP contribution in [0.3, 0.4) is 0 Å². The normalized spacial score (nSPS) is 10.1. The first-order valence-electron chi connectivity index (χ1n) is 6.04. The van der Waals surface area contributed by atoms with Gasteiger partial charge >= 0.3 is 0 Å². The van der Waals surface area contributed by atoms with E-state index in [9.17, 15) is 14.9 Å². The Kier molecular flexibility index (Phi) is 4.39. The maximum absolute atomic E-state index is 11.1. The molecule has 1 amide bonds. The molecule has 0 heterocycles. The Bertz CT molecular complexity index is 704. The molecule has 0 unspecified atom stereocenters. The molecule has 0 fully saturated rings. The minimum absolute atomic E-state index is 0.0546. The van der Waals surface area contributed by atoms with Gasteiger partial charge in [-0.1, -0.05) is 23.7 Å². The fraction of sp³-hybridized carbons (Fsp3) is 0.0714. The lowest BCUT2D eigenvalue weighted by Crippen LogP contribution is -2.11. The van der Waals surface area contributed by atoms with E-state index >= 15 is 0 Å². The van der Waals surface area contributed by atoms with Crippen LogP contribution >= 0.6 is 11.6 Å². The van der Waals surface area contributed by atoms with Gasteiger partial charge in [-0.3, -0.25) is 14.9 Å². The Labute approximate surface area is 125 Å². The van der Waals surface area contributed by atoms with E-state index in [2.05, 4.69) is 5.32 Å². The van der Waals surface area contributed by atoms with Crippen LogP contribution in [0.2, 0.25) is 5.02 Å². The van der Waals surface area contributed by atoms with E-state index < -0.39 is 10.8 Å². The van der Waals surface area contributed by atoms with Gasteiger partial charge in [-0.2, -0.15) is 0 Å². The van der Waals surface area contributed by atoms with Gasteiger partial charge in [0.05, 0.1) is 15.5 Å². The molecule has 0 saturated carbocycles. The Hall–Kier alpha value is -2.60. The van der Waals surface area contributed by atoms with E-state index in [0.717, 1.165) is 0 Å². The zero-order valence-electron chi connectivity index (χ0n) is 10.9. The van der Waals surface area contributed by atoms with Crippen molar-refractivity contribution in [1.29, 1.82) is 0 Å². The molecule has 3 N–H and O–H groups in total. The number of halogens is 1. The highest BCUT2D eigenvalue weighted by Gasteiger charge is 2.16. The van der Waals surface area contributed by atoms with Crippen molar-refractivity contribution >= 4 is 28.9 Å². The Morgan fingerprint density at radius 1 is 1.29 bits per heavy atom. The number of nitrogens with zero attached hydrogens (tertiary/aromatic N) is 1. The average molecular weight is 306 g/mol. The first kappa shape index (κ1) is 14.8. The standard InChI is InChI=1S/C14H12ClN3O3/c15-12-5-2-6-13(18(20)21)11(12)8-17-10-4-1-3-9(7-10)14(16)19/h1-7,17H,8H2,(H2,16,19). The average Bonchev–Trinajstić information content (AvgIpc) is 2.46. The van der Waals surface area contributed by atoms with E-state index in [4.69, 9.17) is 17.3 Å². The van der Waals surface area contributed by atoms with Gasteiger partial charge in [-0.25, -0.2) is 0 Å². The quantitative estimate of drug-likeness (QED) is 0.655. The maximum Gasteiger partial charge on any atom is 0.275 e. The molecule has 6 nitrogen and oxygen atoms in total. The largest absolute Gasteiger partial charge is 0.381 e. The van der Waals surface area contributed by atoms with Crippen LogP contribution < -0.4 is 11.1 Å². The van der Waals surface area contributed by atoms with Gasteiger partial charge in [0.1, 0.15) is 0 Å². The molecule has 2 aromatic carbocycles. The van der Waals surface area contributed by atoms with Gasteiger partial charge in [0.25, 0.3) is 5.69 Å². The third-order valence-corrected chi connectivity index (χ3v) is 3.26. The van der Waals surface area contributed by atoms with Crippen LogP contribution in [0.1, 0.15) is 15.9 Å². The zero-order valence-corrected chi connectivity index (χ0v) is 11.6. The topological polar surface area (TPSA) is 98.3 Å². The third-order valence-electron chi connectivity index (χ3n) is 2.91. The predicted octanol–water partition coefficient (Wildman–Crippen LogP) is 2.96. The summed E-state index contributed by atoms with van der Waals surface area (Å²) in [5.41, 5.74) is 6.51. The van der Waals surface area contributed by atoms with Crippen molar-refractivity contribution in [2.75, 3.05) is 5.32 Å². The number of benzene rings is 2. The van der Waals surface area contributed by atoms with E-state index in [1.165, 1.54) is 12.1 Å². The molecular formula is C14H12ClN3O3. The van der Waals surface area contributed by atoms with Gasteiger partial charge < -0.3 is 11.1 Å². The molecule has 0 radical (unpaired) electrons. The van der Waals surface area contributed by atoms with E-state index in [1.807, 2.05) is 0 Å². The summed E-state index contributed by atoms with van der Waals surface area (Å²) >= 11 is 6.00. The molecule has 108 valence electrons. The SMILES string of the molecule is NC(=O)c1cccc(NCc2c(Cl)cccc2[N+](=O)[O-])c1. The van der Waals surface area contributed by atoms with Crippen molar-refractivity contribution in [3.05, 3.63) is 68.7 Å². The highest BCUT2D eigenvalue weighted by molar-refractivity contribution is 6.31. The van der Waals surface area contributed by atoms with Gasteiger partial charge in [-0.15, -0.1) is 0 Å². The number of hydrogen-bond acceptors (Lipinski definition) is 4. The lowest BCUT2D eigenvalue weighted by molar-refractivity contribution is -0.385. The number of hydrogen-bond donors (Lipinski definition) is 2. The minimum Gasteiger partial charge on any atom is -0.381 e. The Balaban J connectivity index is 2.22. The van der Waals surface area contributed by atoms with Gasteiger partial charge in [0, 0.05) is 23.9 Å². The summed E-state index contributed by atoms with van der Waals surface area (Å²) in [6.07, 6.45) is 0. The first-order valence-corrected chi connectivity index (χ1v) is 6.42. The number of nitrogens with two attached hydrogens (primary N) is 1. The molecule has 2 aromatic rings. The minimum atomic E-state index is -0.539. The number of carbonyl (C=O) groups excluding carboxylic acids is 1. The van der Waals surface area contributed by atoms with Crippen molar-refractivity contribution in [2.24, 2.45) is 5.73 Å².